The molecular formula is C28H34Hf3S. The fraction of sp³-hybridized carbons (Fsp3) is 0.321. The van der Waals surface area contributed by atoms with Crippen molar-refractivity contribution in [1.82, 2.24) is 0 Å². The molecule has 0 bridgehead atoms. The van der Waals surface area contributed by atoms with Gasteiger partial charge >= 0.3 is 0 Å². The summed E-state index contributed by atoms with van der Waals surface area (Å²) in [5.41, 5.74) is 13.8. The summed E-state index contributed by atoms with van der Waals surface area (Å²) in [6.07, 6.45) is 0. The Labute approximate surface area is 255 Å². The zero-order valence-electron chi connectivity index (χ0n) is 21.0. The van der Waals surface area contributed by atoms with Gasteiger partial charge in [-0.15, -0.1) is 11.1 Å². The maximum atomic E-state index is 4.37. The van der Waals surface area contributed by atoms with E-state index in [4.69, 9.17) is 0 Å². The maximum Gasteiger partial charge on any atom is 0.172 e. The molecule has 0 aliphatic carbocycles. The van der Waals surface area contributed by atoms with Crippen LogP contribution in [0.5, 0.6) is 0 Å². The first kappa shape index (κ1) is 32.5. The van der Waals surface area contributed by atoms with Crippen molar-refractivity contribution in [3.63, 3.8) is 0 Å². The second-order valence-electron chi connectivity index (χ2n) is 8.38. The fourth-order valence-electron chi connectivity index (χ4n) is 4.33. The third-order valence-electron chi connectivity index (χ3n) is 7.03. The van der Waals surface area contributed by atoms with E-state index in [1.807, 2.05) is 0 Å². The van der Waals surface area contributed by atoms with Gasteiger partial charge in [0.05, 0.1) is 10.9 Å². The fourth-order valence-corrected chi connectivity index (χ4v) is 7.27. The molecule has 0 spiro atoms. The average molecular weight is 938 g/mol. The van der Waals surface area contributed by atoms with E-state index in [0.717, 1.165) is 0 Å². The van der Waals surface area contributed by atoms with E-state index in [9.17, 15) is 0 Å². The predicted molar refractivity (Wildman–Crippen MR) is 129 cm³/mol. The van der Waals surface area contributed by atoms with Crippen molar-refractivity contribution < 1.29 is 77.5 Å². The molecule has 0 heterocycles. The second-order valence-corrected chi connectivity index (χ2v) is 10.3. The first-order valence-electron chi connectivity index (χ1n) is 10.4. The van der Waals surface area contributed by atoms with E-state index >= 15 is 0 Å². The minimum Gasteiger partial charge on any atom is -0.198 e. The van der Waals surface area contributed by atoms with Crippen LogP contribution in [-0.4, -0.2) is 0 Å². The van der Waals surface area contributed by atoms with Crippen LogP contribution >= 0.6 is 0 Å². The molecule has 0 nitrogen and oxygen atoms in total. The van der Waals surface area contributed by atoms with Crippen molar-refractivity contribution in [2.75, 3.05) is 0 Å². The molecule has 3 aromatic carbocycles. The quantitative estimate of drug-likeness (QED) is 0.144. The van der Waals surface area contributed by atoms with Gasteiger partial charge in [-0.2, -0.15) is 12.5 Å². The van der Waals surface area contributed by atoms with Crippen molar-refractivity contribution in [3.05, 3.63) is 92.9 Å². The molecule has 0 fully saturated rings. The second kappa shape index (κ2) is 13.0. The van der Waals surface area contributed by atoms with Crippen molar-refractivity contribution in [1.29, 1.82) is 0 Å². The van der Waals surface area contributed by atoms with E-state index < -0.39 is 0 Å². The van der Waals surface area contributed by atoms with Gasteiger partial charge in [0.15, 0.2) is 9.79 Å². The van der Waals surface area contributed by atoms with Crippen LogP contribution in [-0.2, 0) is 88.4 Å². The zero-order chi connectivity index (χ0) is 21.6. The molecule has 0 aliphatic heterocycles. The van der Waals surface area contributed by atoms with Crippen LogP contribution in [0.25, 0.3) is 0 Å². The Bertz CT molecular complexity index is 974. The Morgan fingerprint density at radius 1 is 0.469 bits per heavy atom. The van der Waals surface area contributed by atoms with Gasteiger partial charge in [-0.25, -0.2) is 0 Å². The Hall–Kier alpha value is 0.490. The summed E-state index contributed by atoms with van der Waals surface area (Å²) >= 11 is 0. The van der Waals surface area contributed by atoms with E-state index in [-0.39, 0.29) is 88.4 Å². The maximum absolute atomic E-state index is 4.37. The average Bonchev–Trinajstić information content (AvgIpc) is 2.73. The van der Waals surface area contributed by atoms with Crippen LogP contribution < -0.4 is 0 Å². The molecule has 0 aromatic heterocycles. The van der Waals surface area contributed by atoms with Gasteiger partial charge in [0.1, 0.15) is 4.90 Å². The standard InChI is InChI=1S/C28H34S.3Hf/c1-16-18(3)22(7)27(23(8)19(16)4)29(26-14-12-11-13-15-26)28-24(9)20(5)17(2)21(6)25(28)10;;;/h11-15H,1H2,2-10H3;;;. The molecule has 3 rings (SSSR count). The smallest absolute Gasteiger partial charge is 0.172 e. The Morgan fingerprint density at radius 3 is 1.16 bits per heavy atom. The van der Waals surface area contributed by atoms with Gasteiger partial charge in [-0.1, -0.05) is 32.0 Å². The summed E-state index contributed by atoms with van der Waals surface area (Å²) in [5.74, 6) is 0. The largest absolute Gasteiger partial charge is 0.198 e. The van der Waals surface area contributed by atoms with E-state index in [0.29, 0.717) is 0 Å². The van der Waals surface area contributed by atoms with Gasteiger partial charge in [0.25, 0.3) is 0 Å². The van der Waals surface area contributed by atoms with Crippen molar-refractivity contribution >= 4 is 10.9 Å². The summed E-state index contributed by atoms with van der Waals surface area (Å²) in [6.45, 7) is 24.8. The normalized spacial score (nSPS) is 11.2. The third-order valence-corrected chi connectivity index (χ3v) is 9.81. The number of rotatable bonds is 3. The summed E-state index contributed by atoms with van der Waals surface area (Å²) in [7, 11) is -0.146. The molecule has 3 aromatic rings. The number of hydrogen-bond donors (Lipinski definition) is 0. The molecular weight excluding hydrogens is 904 g/mol. The van der Waals surface area contributed by atoms with Gasteiger partial charge in [-0.05, 0) is 88.4 Å². The third kappa shape index (κ3) is 5.65. The van der Waals surface area contributed by atoms with Crippen LogP contribution in [0.15, 0.2) is 45.0 Å². The van der Waals surface area contributed by atoms with Gasteiger partial charge in [0.2, 0.25) is 0 Å². The van der Waals surface area contributed by atoms with Crippen molar-refractivity contribution in [3.8, 4) is 0 Å². The Morgan fingerprint density at radius 2 is 0.781 bits per heavy atom. The van der Waals surface area contributed by atoms with Crippen molar-refractivity contribution in [2.45, 2.75) is 77.0 Å². The molecule has 32 heavy (non-hydrogen) atoms. The first-order chi connectivity index (χ1) is 13.6. The van der Waals surface area contributed by atoms with E-state index in [1.54, 1.807) is 0 Å². The molecule has 0 saturated carbocycles. The molecule has 164 valence electrons. The van der Waals surface area contributed by atoms with Crippen LogP contribution in [0, 0.1) is 69.2 Å². The first-order valence-corrected chi connectivity index (χ1v) is 11.6. The minimum absolute atomic E-state index is 0. The van der Waals surface area contributed by atoms with Crippen LogP contribution in [0.1, 0.15) is 55.6 Å². The monoisotopic (exact) mass is 942 g/mol. The molecule has 0 radical (unpaired) electrons. The van der Waals surface area contributed by atoms with Crippen LogP contribution in [0.3, 0.4) is 0 Å². The molecule has 0 aliphatic rings. The number of benzene rings is 3. The van der Waals surface area contributed by atoms with Crippen LogP contribution in [0.4, 0.5) is 0 Å². The van der Waals surface area contributed by atoms with Gasteiger partial charge in [0, 0.05) is 88.7 Å². The molecule has 1 atom stereocenters. The van der Waals surface area contributed by atoms with Crippen LogP contribution in [0.2, 0.25) is 0 Å². The van der Waals surface area contributed by atoms with Gasteiger partial charge in [-0.3, -0.25) is 0 Å². The minimum atomic E-state index is -0.146. The van der Waals surface area contributed by atoms with Crippen molar-refractivity contribution in [2.24, 2.45) is 0 Å². The zero-order valence-corrected chi connectivity index (χ0v) is 32.6. The SMILES string of the molecule is [CH2-]c1c(C)c(C)c([S+](c2ccccc2)c2c(C)c(C)c(C)c(C)c2C)c(C)c1C.[Hf].[Hf].[Hf]. The molecule has 0 saturated heterocycles. The molecule has 0 amide bonds. The molecule has 0 N–H and O–H groups in total. The summed E-state index contributed by atoms with van der Waals surface area (Å²) < 4.78 is 0. The Balaban J connectivity index is 0.00000320. The van der Waals surface area contributed by atoms with Gasteiger partial charge < -0.3 is 0 Å². The topological polar surface area (TPSA) is 0 Å². The number of hydrogen-bond acceptors (Lipinski definition) is 0. The summed E-state index contributed by atoms with van der Waals surface area (Å²) in [6, 6.07) is 11.1. The predicted octanol–water partition coefficient (Wildman–Crippen LogP) is 7.73. The van der Waals surface area contributed by atoms with E-state index in [1.165, 1.54) is 70.3 Å². The summed E-state index contributed by atoms with van der Waals surface area (Å²) in [4.78, 5) is 4.37. The molecule has 1 unspecified atom stereocenters. The summed E-state index contributed by atoms with van der Waals surface area (Å²) in [5, 5.41) is 0. The molecule has 4 heteroatoms. The Kier molecular flexibility index (Phi) is 13.2. The van der Waals surface area contributed by atoms with E-state index in [2.05, 4.69) is 99.6 Å².